The molecule has 3 nitrogen and oxygen atoms in total. The van der Waals surface area contributed by atoms with Crippen molar-refractivity contribution in [2.45, 2.75) is 0 Å². The summed E-state index contributed by atoms with van der Waals surface area (Å²) in [6.07, 6.45) is 1.38. The van der Waals surface area contributed by atoms with Crippen molar-refractivity contribution >= 4 is 6.08 Å². The van der Waals surface area contributed by atoms with Crippen LogP contribution in [0.5, 0.6) is 17.2 Å². The summed E-state index contributed by atoms with van der Waals surface area (Å²) in [5.41, 5.74) is 0.389. The first kappa shape index (κ1) is 7.47. The normalized spacial score (nSPS) is 9.45. The number of phenols is 3. The van der Waals surface area contributed by atoms with E-state index in [1.54, 1.807) is 0 Å². The predicted octanol–water partition coefficient (Wildman–Crippen LogP) is 1.45. The molecule has 11 heavy (non-hydrogen) atoms. The van der Waals surface area contributed by atoms with Crippen LogP contribution in [-0.2, 0) is 0 Å². The van der Waals surface area contributed by atoms with Crippen LogP contribution in [0.4, 0.5) is 0 Å². The second-order valence-corrected chi connectivity index (χ2v) is 2.10. The minimum Gasteiger partial charge on any atom is -0.507 e. The highest BCUT2D eigenvalue weighted by molar-refractivity contribution is 5.61. The maximum absolute atomic E-state index is 9.07. The van der Waals surface area contributed by atoms with E-state index in [1.807, 2.05) is 0 Å². The summed E-state index contributed by atoms with van der Waals surface area (Å²) in [6.45, 7) is 3.41. The minimum atomic E-state index is -0.340. The van der Waals surface area contributed by atoms with Gasteiger partial charge in [0.2, 0.25) is 0 Å². The van der Waals surface area contributed by atoms with Crippen LogP contribution in [0.1, 0.15) is 5.56 Å². The largest absolute Gasteiger partial charge is 0.507 e. The number of phenolic OH excluding ortho intramolecular Hbond substituents is 3. The summed E-state index contributed by atoms with van der Waals surface area (Å²) >= 11 is 0. The molecule has 0 radical (unpaired) electrons. The molecule has 0 bridgehead atoms. The van der Waals surface area contributed by atoms with Gasteiger partial charge in [-0.3, -0.25) is 0 Å². The smallest absolute Gasteiger partial charge is 0.161 e. The van der Waals surface area contributed by atoms with E-state index in [2.05, 4.69) is 6.58 Å². The van der Waals surface area contributed by atoms with E-state index in [-0.39, 0.29) is 17.2 Å². The topological polar surface area (TPSA) is 60.7 Å². The number of benzene rings is 1. The maximum atomic E-state index is 9.07. The predicted molar refractivity (Wildman–Crippen MR) is 41.5 cm³/mol. The lowest BCUT2D eigenvalue weighted by atomic mass is 10.2. The summed E-state index contributed by atoms with van der Waals surface area (Å²) in [5, 5.41) is 26.9. The second-order valence-electron chi connectivity index (χ2n) is 2.10. The van der Waals surface area contributed by atoms with Crippen LogP contribution in [0.2, 0.25) is 0 Å². The Bertz CT molecular complexity index is 292. The Morgan fingerprint density at radius 2 is 1.55 bits per heavy atom. The van der Waals surface area contributed by atoms with Crippen molar-refractivity contribution in [2.75, 3.05) is 0 Å². The molecule has 0 spiro atoms. The molecule has 0 aliphatic carbocycles. The monoisotopic (exact) mass is 152 g/mol. The van der Waals surface area contributed by atoms with Gasteiger partial charge in [0.25, 0.3) is 0 Å². The van der Waals surface area contributed by atoms with E-state index < -0.39 is 0 Å². The average molecular weight is 152 g/mol. The molecular formula is C8H8O3. The quantitative estimate of drug-likeness (QED) is 0.421. The van der Waals surface area contributed by atoms with Gasteiger partial charge in [-0.15, -0.1) is 0 Å². The van der Waals surface area contributed by atoms with Crippen LogP contribution in [-0.4, -0.2) is 15.3 Å². The Labute approximate surface area is 63.9 Å². The molecule has 0 amide bonds. The Morgan fingerprint density at radius 3 is 2.09 bits per heavy atom. The highest BCUT2D eigenvalue weighted by Crippen LogP contribution is 2.32. The molecule has 0 aromatic heterocycles. The van der Waals surface area contributed by atoms with Crippen molar-refractivity contribution in [1.29, 1.82) is 0 Å². The summed E-state index contributed by atoms with van der Waals surface area (Å²) in [4.78, 5) is 0. The number of hydrogen-bond acceptors (Lipinski definition) is 3. The van der Waals surface area contributed by atoms with E-state index in [0.29, 0.717) is 5.56 Å². The number of hydrogen-bond donors (Lipinski definition) is 3. The van der Waals surface area contributed by atoms with Crippen LogP contribution < -0.4 is 0 Å². The third-order valence-corrected chi connectivity index (χ3v) is 1.34. The molecule has 58 valence electrons. The van der Waals surface area contributed by atoms with Crippen molar-refractivity contribution in [2.24, 2.45) is 0 Å². The van der Waals surface area contributed by atoms with Gasteiger partial charge in [-0.25, -0.2) is 0 Å². The van der Waals surface area contributed by atoms with Gasteiger partial charge in [0.1, 0.15) is 5.75 Å². The van der Waals surface area contributed by atoms with Crippen molar-refractivity contribution in [3.63, 3.8) is 0 Å². The van der Waals surface area contributed by atoms with E-state index in [0.717, 1.165) is 6.07 Å². The average Bonchev–Trinajstić information content (AvgIpc) is 1.97. The zero-order valence-corrected chi connectivity index (χ0v) is 5.78. The lowest BCUT2D eigenvalue weighted by Gasteiger charge is -2.01. The van der Waals surface area contributed by atoms with Crippen LogP contribution >= 0.6 is 0 Å². The zero-order valence-electron chi connectivity index (χ0n) is 5.78. The lowest BCUT2D eigenvalue weighted by Crippen LogP contribution is -1.75. The standard InChI is InChI=1S/C8H8O3/c1-2-5-3-7(10)8(11)4-6(5)9/h2-4,9-11H,1H2. The third kappa shape index (κ3) is 1.26. The first-order valence-corrected chi connectivity index (χ1v) is 3.02. The minimum absolute atomic E-state index is 0.102. The first-order chi connectivity index (χ1) is 5.15. The lowest BCUT2D eigenvalue weighted by molar-refractivity contribution is 0.396. The summed E-state index contributed by atoms with van der Waals surface area (Å²) in [5.74, 6) is -0.707. The van der Waals surface area contributed by atoms with Gasteiger partial charge in [0.15, 0.2) is 11.5 Å². The van der Waals surface area contributed by atoms with Gasteiger partial charge >= 0.3 is 0 Å². The second kappa shape index (κ2) is 2.54. The van der Waals surface area contributed by atoms with E-state index in [1.165, 1.54) is 12.1 Å². The Kier molecular flexibility index (Phi) is 1.72. The zero-order chi connectivity index (χ0) is 8.43. The summed E-state index contributed by atoms with van der Waals surface area (Å²) in [7, 11) is 0. The Balaban J connectivity index is 3.31. The van der Waals surface area contributed by atoms with Crippen molar-refractivity contribution in [3.05, 3.63) is 24.3 Å². The van der Waals surface area contributed by atoms with E-state index in [4.69, 9.17) is 15.3 Å². The van der Waals surface area contributed by atoms with Gasteiger partial charge < -0.3 is 15.3 Å². The van der Waals surface area contributed by atoms with Gasteiger partial charge in [0, 0.05) is 11.6 Å². The molecule has 1 rings (SSSR count). The molecular weight excluding hydrogens is 144 g/mol. The van der Waals surface area contributed by atoms with Crippen LogP contribution in [0.3, 0.4) is 0 Å². The van der Waals surface area contributed by atoms with Crippen molar-refractivity contribution < 1.29 is 15.3 Å². The number of aromatic hydroxyl groups is 3. The highest BCUT2D eigenvalue weighted by Gasteiger charge is 2.03. The summed E-state index contributed by atoms with van der Waals surface area (Å²) < 4.78 is 0. The van der Waals surface area contributed by atoms with Crippen molar-refractivity contribution in [3.8, 4) is 17.2 Å². The van der Waals surface area contributed by atoms with Gasteiger partial charge in [-0.1, -0.05) is 12.7 Å². The maximum Gasteiger partial charge on any atom is 0.161 e. The Hall–Kier alpha value is -1.64. The molecule has 0 saturated carbocycles. The molecule has 0 heterocycles. The van der Waals surface area contributed by atoms with Gasteiger partial charge in [-0.05, 0) is 6.07 Å². The molecule has 0 atom stereocenters. The fraction of sp³-hybridized carbons (Fsp3) is 0. The van der Waals surface area contributed by atoms with Gasteiger partial charge in [-0.2, -0.15) is 0 Å². The van der Waals surface area contributed by atoms with E-state index >= 15 is 0 Å². The molecule has 3 N–H and O–H groups in total. The molecule has 1 aromatic carbocycles. The van der Waals surface area contributed by atoms with E-state index in [9.17, 15) is 0 Å². The third-order valence-electron chi connectivity index (χ3n) is 1.34. The Morgan fingerprint density at radius 1 is 1.00 bits per heavy atom. The van der Waals surface area contributed by atoms with Crippen LogP contribution in [0, 0.1) is 0 Å². The molecule has 0 aliphatic rings. The molecule has 0 saturated heterocycles. The van der Waals surface area contributed by atoms with Crippen LogP contribution in [0.25, 0.3) is 6.08 Å². The molecule has 3 heteroatoms. The van der Waals surface area contributed by atoms with Crippen molar-refractivity contribution in [1.82, 2.24) is 0 Å². The highest BCUT2D eigenvalue weighted by atomic mass is 16.3. The SMILES string of the molecule is C=Cc1cc(O)c(O)cc1O. The fourth-order valence-electron chi connectivity index (χ4n) is 0.745. The first-order valence-electron chi connectivity index (χ1n) is 3.02. The fourth-order valence-corrected chi connectivity index (χ4v) is 0.745. The number of rotatable bonds is 1. The molecule has 0 aliphatic heterocycles. The van der Waals surface area contributed by atoms with Gasteiger partial charge in [0.05, 0.1) is 0 Å². The molecule has 1 aromatic rings. The molecule has 0 unspecified atom stereocenters. The van der Waals surface area contributed by atoms with Crippen LogP contribution in [0.15, 0.2) is 18.7 Å². The summed E-state index contributed by atoms with van der Waals surface area (Å²) in [6, 6.07) is 2.30. The molecule has 0 fully saturated rings.